The summed E-state index contributed by atoms with van der Waals surface area (Å²) in [6.45, 7) is 1.87. The molecule has 0 aliphatic carbocycles. The third-order valence-corrected chi connectivity index (χ3v) is 2.36. The molecule has 98 valence electrons. The number of carbonyl (C=O) groups is 1. The molecule has 0 saturated carbocycles. The van der Waals surface area contributed by atoms with Crippen LogP contribution in [-0.2, 0) is 4.79 Å². The lowest BCUT2D eigenvalue weighted by Gasteiger charge is -2.11. The van der Waals surface area contributed by atoms with Gasteiger partial charge in [-0.15, -0.1) is 0 Å². The SMILES string of the molecule is CCC[C@@H](N)C(=O)Nc1ccc([N+](=O)[O-])cc1F. The third-order valence-electron chi connectivity index (χ3n) is 2.36. The molecule has 0 aliphatic rings. The number of hydrogen-bond acceptors (Lipinski definition) is 4. The van der Waals surface area contributed by atoms with Crippen LogP contribution in [0.4, 0.5) is 15.8 Å². The quantitative estimate of drug-likeness (QED) is 0.619. The number of nitrogens with one attached hydrogen (secondary N) is 1. The smallest absolute Gasteiger partial charge is 0.272 e. The average molecular weight is 255 g/mol. The molecular formula is C11H14FN3O3. The normalized spacial score (nSPS) is 11.9. The fraction of sp³-hybridized carbons (Fsp3) is 0.364. The van der Waals surface area contributed by atoms with Crippen LogP contribution in [0.5, 0.6) is 0 Å². The fourth-order valence-corrected chi connectivity index (χ4v) is 1.39. The van der Waals surface area contributed by atoms with Crippen molar-refractivity contribution in [1.29, 1.82) is 0 Å². The standard InChI is InChI=1S/C11H14FN3O3/c1-2-3-9(13)11(16)14-10-5-4-7(15(17)18)6-8(10)12/h4-6,9H,2-3,13H2,1H3,(H,14,16)/t9-/m1/s1. The summed E-state index contributed by atoms with van der Waals surface area (Å²) in [5.41, 5.74) is 5.08. The van der Waals surface area contributed by atoms with Crippen LogP contribution in [0.1, 0.15) is 19.8 Å². The summed E-state index contributed by atoms with van der Waals surface area (Å²) in [5.74, 6) is -1.37. The lowest BCUT2D eigenvalue weighted by atomic mass is 10.1. The van der Waals surface area contributed by atoms with E-state index < -0.39 is 22.7 Å². The molecule has 0 bridgehead atoms. The zero-order chi connectivity index (χ0) is 13.7. The van der Waals surface area contributed by atoms with Crippen molar-refractivity contribution in [3.63, 3.8) is 0 Å². The number of carbonyl (C=O) groups excluding carboxylic acids is 1. The lowest BCUT2D eigenvalue weighted by Crippen LogP contribution is -2.35. The van der Waals surface area contributed by atoms with Gasteiger partial charge in [-0.3, -0.25) is 14.9 Å². The molecule has 1 atom stereocenters. The molecule has 0 aromatic heterocycles. The summed E-state index contributed by atoms with van der Waals surface area (Å²) < 4.78 is 13.5. The van der Waals surface area contributed by atoms with Crippen LogP contribution in [0.2, 0.25) is 0 Å². The lowest BCUT2D eigenvalue weighted by molar-refractivity contribution is -0.385. The second kappa shape index (κ2) is 6.06. The van der Waals surface area contributed by atoms with E-state index in [0.717, 1.165) is 24.6 Å². The van der Waals surface area contributed by atoms with Crippen LogP contribution in [0.3, 0.4) is 0 Å². The summed E-state index contributed by atoms with van der Waals surface area (Å²) in [6.07, 6.45) is 1.22. The molecule has 0 heterocycles. The highest BCUT2D eigenvalue weighted by atomic mass is 19.1. The van der Waals surface area contributed by atoms with Crippen LogP contribution in [0, 0.1) is 15.9 Å². The molecule has 1 aromatic carbocycles. The fourth-order valence-electron chi connectivity index (χ4n) is 1.39. The summed E-state index contributed by atoms with van der Waals surface area (Å²) in [4.78, 5) is 21.2. The summed E-state index contributed by atoms with van der Waals surface area (Å²) in [5, 5.41) is 12.7. The molecule has 1 rings (SSSR count). The molecule has 0 spiro atoms. The van der Waals surface area contributed by atoms with Gasteiger partial charge in [0.1, 0.15) is 0 Å². The first kappa shape index (κ1) is 14.0. The zero-order valence-electron chi connectivity index (χ0n) is 9.85. The topological polar surface area (TPSA) is 98.3 Å². The Morgan fingerprint density at radius 1 is 1.61 bits per heavy atom. The van der Waals surface area contributed by atoms with E-state index in [2.05, 4.69) is 5.32 Å². The predicted octanol–water partition coefficient (Wildman–Crippen LogP) is 1.80. The number of benzene rings is 1. The third kappa shape index (κ3) is 3.49. The number of amides is 1. The largest absolute Gasteiger partial charge is 0.322 e. The molecule has 0 fully saturated rings. The number of nitro benzene ring substituents is 1. The minimum Gasteiger partial charge on any atom is -0.322 e. The summed E-state index contributed by atoms with van der Waals surface area (Å²) in [6, 6.07) is 2.29. The average Bonchev–Trinajstić information content (AvgIpc) is 2.31. The van der Waals surface area contributed by atoms with Gasteiger partial charge in [-0.1, -0.05) is 13.3 Å². The molecular weight excluding hydrogens is 241 g/mol. The van der Waals surface area contributed by atoms with Crippen molar-refractivity contribution < 1.29 is 14.1 Å². The minimum atomic E-state index is -0.860. The minimum absolute atomic E-state index is 0.114. The maximum atomic E-state index is 13.5. The molecule has 0 unspecified atom stereocenters. The molecule has 6 nitrogen and oxygen atoms in total. The number of nitro groups is 1. The zero-order valence-corrected chi connectivity index (χ0v) is 9.85. The number of hydrogen-bond donors (Lipinski definition) is 2. The monoisotopic (exact) mass is 255 g/mol. The Kier molecular flexibility index (Phi) is 4.73. The van der Waals surface area contributed by atoms with E-state index in [9.17, 15) is 19.3 Å². The van der Waals surface area contributed by atoms with E-state index >= 15 is 0 Å². The predicted molar refractivity (Wildman–Crippen MR) is 64.6 cm³/mol. The van der Waals surface area contributed by atoms with Gasteiger partial charge in [-0.2, -0.15) is 0 Å². The first-order valence-electron chi connectivity index (χ1n) is 5.46. The van der Waals surface area contributed by atoms with Crippen LogP contribution in [0.25, 0.3) is 0 Å². The van der Waals surface area contributed by atoms with Crippen molar-refractivity contribution in [2.45, 2.75) is 25.8 Å². The maximum Gasteiger partial charge on any atom is 0.272 e. The summed E-state index contributed by atoms with van der Waals surface area (Å²) in [7, 11) is 0. The van der Waals surface area contributed by atoms with Crippen LogP contribution in [0.15, 0.2) is 18.2 Å². The van der Waals surface area contributed by atoms with Gasteiger partial charge >= 0.3 is 0 Å². The Morgan fingerprint density at radius 2 is 2.28 bits per heavy atom. The van der Waals surface area contributed by atoms with E-state index in [-0.39, 0.29) is 11.4 Å². The molecule has 1 amide bonds. The van der Waals surface area contributed by atoms with Gasteiger partial charge in [-0.05, 0) is 12.5 Å². The van der Waals surface area contributed by atoms with Crippen LogP contribution >= 0.6 is 0 Å². The van der Waals surface area contributed by atoms with Gasteiger partial charge in [0.05, 0.1) is 22.7 Å². The van der Waals surface area contributed by atoms with Crippen molar-refractivity contribution in [3.05, 3.63) is 34.1 Å². The number of halogens is 1. The van der Waals surface area contributed by atoms with Gasteiger partial charge in [0, 0.05) is 6.07 Å². The van der Waals surface area contributed by atoms with Gasteiger partial charge < -0.3 is 11.1 Å². The molecule has 7 heteroatoms. The molecule has 18 heavy (non-hydrogen) atoms. The van der Waals surface area contributed by atoms with E-state index in [1.54, 1.807) is 0 Å². The van der Waals surface area contributed by atoms with Crippen LogP contribution in [-0.4, -0.2) is 16.9 Å². The van der Waals surface area contributed by atoms with Gasteiger partial charge in [0.25, 0.3) is 5.69 Å². The molecule has 0 radical (unpaired) electrons. The summed E-state index contributed by atoms with van der Waals surface area (Å²) >= 11 is 0. The first-order chi connectivity index (χ1) is 8.45. The van der Waals surface area contributed by atoms with Crippen molar-refractivity contribution in [2.24, 2.45) is 5.73 Å². The Bertz CT molecular complexity index is 465. The van der Waals surface area contributed by atoms with E-state index in [0.29, 0.717) is 6.42 Å². The Hall–Kier alpha value is -2.02. The number of anilines is 1. The highest BCUT2D eigenvalue weighted by Crippen LogP contribution is 2.20. The Balaban J connectivity index is 2.79. The van der Waals surface area contributed by atoms with Crippen molar-refractivity contribution in [1.82, 2.24) is 0 Å². The van der Waals surface area contributed by atoms with Gasteiger partial charge in [-0.25, -0.2) is 4.39 Å². The molecule has 0 saturated heterocycles. The van der Waals surface area contributed by atoms with Gasteiger partial charge in [0.15, 0.2) is 5.82 Å². The molecule has 0 aliphatic heterocycles. The van der Waals surface area contributed by atoms with Gasteiger partial charge in [0.2, 0.25) is 5.91 Å². The van der Waals surface area contributed by atoms with Crippen molar-refractivity contribution in [3.8, 4) is 0 Å². The maximum absolute atomic E-state index is 13.5. The van der Waals surface area contributed by atoms with Crippen molar-refractivity contribution >= 4 is 17.3 Å². The number of non-ortho nitro benzene ring substituents is 1. The Morgan fingerprint density at radius 3 is 2.78 bits per heavy atom. The van der Waals surface area contributed by atoms with Crippen molar-refractivity contribution in [2.75, 3.05) is 5.32 Å². The van der Waals surface area contributed by atoms with E-state index in [1.807, 2.05) is 6.92 Å². The van der Waals surface area contributed by atoms with E-state index in [1.165, 1.54) is 0 Å². The number of nitrogens with zero attached hydrogens (tertiary/aromatic N) is 1. The molecule has 3 N–H and O–H groups in total. The van der Waals surface area contributed by atoms with E-state index in [4.69, 9.17) is 5.73 Å². The highest BCUT2D eigenvalue weighted by Gasteiger charge is 2.16. The van der Waals surface area contributed by atoms with Crippen LogP contribution < -0.4 is 11.1 Å². The second-order valence-corrected chi connectivity index (χ2v) is 3.81. The first-order valence-corrected chi connectivity index (χ1v) is 5.46. The Labute approximate surface area is 103 Å². The molecule has 1 aromatic rings. The number of rotatable bonds is 5. The number of nitrogens with two attached hydrogens (primary N) is 1. The highest BCUT2D eigenvalue weighted by molar-refractivity contribution is 5.94. The second-order valence-electron chi connectivity index (χ2n) is 3.81.